The monoisotopic (exact) mass is 591 g/mol. The van der Waals surface area contributed by atoms with Crippen LogP contribution in [-0.2, 0) is 0 Å². The van der Waals surface area contributed by atoms with Crippen LogP contribution in [0.2, 0.25) is 0 Å². The van der Waals surface area contributed by atoms with Gasteiger partial charge in [0.2, 0.25) is 0 Å². The molecule has 3 heterocycles. The van der Waals surface area contributed by atoms with Gasteiger partial charge >= 0.3 is 0 Å². The van der Waals surface area contributed by atoms with Crippen molar-refractivity contribution in [2.75, 3.05) is 0 Å². The second-order valence-electron chi connectivity index (χ2n) is 11.7. The highest BCUT2D eigenvalue weighted by atomic mass is 32.1. The lowest BCUT2D eigenvalue weighted by Gasteiger charge is -2.09. The smallest absolute Gasteiger partial charge is 0.143 e. The van der Waals surface area contributed by atoms with E-state index in [1.807, 2.05) is 17.4 Å². The van der Waals surface area contributed by atoms with Crippen LogP contribution in [0.1, 0.15) is 0 Å². The summed E-state index contributed by atoms with van der Waals surface area (Å²) in [6.07, 6.45) is 0. The molecule has 0 unspecified atom stereocenters. The van der Waals surface area contributed by atoms with Crippen LogP contribution < -0.4 is 0 Å². The zero-order valence-corrected chi connectivity index (χ0v) is 25.0. The van der Waals surface area contributed by atoms with Gasteiger partial charge in [-0.3, -0.25) is 0 Å². The van der Waals surface area contributed by atoms with E-state index >= 15 is 0 Å². The van der Waals surface area contributed by atoms with Gasteiger partial charge in [0.25, 0.3) is 0 Å². The van der Waals surface area contributed by atoms with Crippen LogP contribution in [0.15, 0.2) is 156 Å². The first-order valence-corrected chi connectivity index (χ1v) is 16.1. The van der Waals surface area contributed by atoms with E-state index in [4.69, 9.17) is 4.42 Å². The summed E-state index contributed by atoms with van der Waals surface area (Å²) in [7, 11) is 0. The van der Waals surface area contributed by atoms with E-state index in [2.05, 4.69) is 150 Å². The maximum atomic E-state index is 6.45. The summed E-state index contributed by atoms with van der Waals surface area (Å²) >= 11 is 1.86. The van der Waals surface area contributed by atoms with Crippen LogP contribution in [-0.4, -0.2) is 4.57 Å². The summed E-state index contributed by atoms with van der Waals surface area (Å²) in [5, 5.41) is 7.40. The van der Waals surface area contributed by atoms with Crippen LogP contribution in [0.3, 0.4) is 0 Å². The van der Waals surface area contributed by atoms with Gasteiger partial charge in [-0.05, 0) is 53.6 Å². The highest BCUT2D eigenvalue weighted by molar-refractivity contribution is 7.26. The van der Waals surface area contributed by atoms with Crippen molar-refractivity contribution >= 4 is 75.3 Å². The van der Waals surface area contributed by atoms with Crippen LogP contribution in [0, 0.1) is 0 Å². The zero-order chi connectivity index (χ0) is 29.5. The maximum absolute atomic E-state index is 6.45. The number of para-hydroxylation sites is 3. The van der Waals surface area contributed by atoms with Gasteiger partial charge in [0, 0.05) is 58.5 Å². The van der Waals surface area contributed by atoms with E-state index in [0.717, 1.165) is 27.5 Å². The Hall–Kier alpha value is -5.64. The normalized spacial score (nSPS) is 12.0. The van der Waals surface area contributed by atoms with Crippen molar-refractivity contribution in [1.29, 1.82) is 0 Å². The topological polar surface area (TPSA) is 18.1 Å². The van der Waals surface area contributed by atoms with E-state index in [-0.39, 0.29) is 0 Å². The molecule has 0 atom stereocenters. The number of hydrogen-bond donors (Lipinski definition) is 0. The lowest BCUT2D eigenvalue weighted by molar-refractivity contribution is 0.670. The van der Waals surface area contributed by atoms with Crippen molar-refractivity contribution in [3.63, 3.8) is 0 Å². The summed E-state index contributed by atoms with van der Waals surface area (Å²) in [5.74, 6) is 0. The van der Waals surface area contributed by atoms with Crippen molar-refractivity contribution in [3.05, 3.63) is 152 Å². The van der Waals surface area contributed by atoms with Gasteiger partial charge in [-0.25, -0.2) is 0 Å². The largest absolute Gasteiger partial charge is 0.455 e. The molecule has 0 spiro atoms. The molecule has 0 saturated carbocycles. The zero-order valence-electron chi connectivity index (χ0n) is 24.2. The minimum Gasteiger partial charge on any atom is -0.455 e. The first kappa shape index (κ1) is 24.8. The van der Waals surface area contributed by atoms with Crippen molar-refractivity contribution in [1.82, 2.24) is 4.57 Å². The molecule has 3 aromatic heterocycles. The number of benzene rings is 7. The summed E-state index contributed by atoms with van der Waals surface area (Å²) in [6.45, 7) is 0. The molecular formula is C42H25NOS. The molecule has 0 radical (unpaired) electrons. The number of hydrogen-bond acceptors (Lipinski definition) is 2. The first-order chi connectivity index (χ1) is 22.3. The average Bonchev–Trinajstić information content (AvgIpc) is 3.77. The van der Waals surface area contributed by atoms with E-state index in [0.29, 0.717) is 0 Å². The molecule has 10 rings (SSSR count). The van der Waals surface area contributed by atoms with Crippen LogP contribution in [0.5, 0.6) is 0 Å². The standard InChI is InChI=1S/C42H25NOS/c1-2-10-26(11-3-1)27-20-22-38-35(24-27)29-12-4-6-18-37(29)43(38)28-21-23-40-36(25-28)34-17-9-16-33(42(34)45-40)32-15-8-14-31-30-13-5-7-19-39(30)44-41(31)32/h1-25H. The highest BCUT2D eigenvalue weighted by Crippen LogP contribution is 2.44. The van der Waals surface area contributed by atoms with Crippen LogP contribution in [0.4, 0.5) is 0 Å². The van der Waals surface area contributed by atoms with Crippen LogP contribution >= 0.6 is 11.3 Å². The maximum Gasteiger partial charge on any atom is 0.143 e. The summed E-state index contributed by atoms with van der Waals surface area (Å²) in [6, 6.07) is 54.7. The number of thiophene rings is 1. The summed E-state index contributed by atoms with van der Waals surface area (Å²) in [5.41, 5.74) is 10.3. The van der Waals surface area contributed by atoms with Crippen molar-refractivity contribution in [3.8, 4) is 27.9 Å². The number of aromatic nitrogens is 1. The van der Waals surface area contributed by atoms with E-state index in [1.54, 1.807) is 0 Å². The summed E-state index contributed by atoms with van der Waals surface area (Å²) < 4.78 is 11.4. The number of fused-ring (bicyclic) bond motifs is 9. The Bertz CT molecular complexity index is 2760. The first-order valence-electron chi connectivity index (χ1n) is 15.3. The third kappa shape index (κ3) is 3.62. The average molecular weight is 592 g/mol. The molecule has 0 N–H and O–H groups in total. The molecule has 10 aromatic rings. The Morgan fingerprint density at radius 3 is 2.09 bits per heavy atom. The van der Waals surface area contributed by atoms with Crippen molar-refractivity contribution in [2.45, 2.75) is 0 Å². The fraction of sp³-hybridized carbons (Fsp3) is 0. The third-order valence-corrected chi connectivity index (χ3v) is 10.4. The second-order valence-corrected chi connectivity index (χ2v) is 12.7. The molecule has 0 aliphatic carbocycles. The SMILES string of the molecule is c1ccc(-c2ccc3c(c2)c2ccccc2n3-c2ccc3sc4c(-c5cccc6c5oc5ccccc56)cccc4c3c2)cc1. The molecule has 0 fully saturated rings. The fourth-order valence-corrected chi connectivity index (χ4v) is 8.37. The molecule has 210 valence electrons. The third-order valence-electron chi connectivity index (χ3n) is 9.21. The Balaban J connectivity index is 1.19. The predicted molar refractivity (Wildman–Crippen MR) is 192 cm³/mol. The predicted octanol–water partition coefficient (Wildman–Crippen LogP) is 12.4. The molecule has 0 amide bonds. The van der Waals surface area contributed by atoms with Crippen molar-refractivity contribution < 1.29 is 4.42 Å². The quantitative estimate of drug-likeness (QED) is 0.200. The number of rotatable bonds is 3. The number of nitrogens with zero attached hydrogens (tertiary/aromatic N) is 1. The Morgan fingerprint density at radius 1 is 0.444 bits per heavy atom. The highest BCUT2D eigenvalue weighted by Gasteiger charge is 2.18. The van der Waals surface area contributed by atoms with Gasteiger partial charge in [-0.1, -0.05) is 109 Å². The van der Waals surface area contributed by atoms with Gasteiger partial charge in [0.05, 0.1) is 11.0 Å². The van der Waals surface area contributed by atoms with E-state index in [1.165, 1.54) is 64.4 Å². The van der Waals surface area contributed by atoms with Gasteiger partial charge in [-0.2, -0.15) is 0 Å². The van der Waals surface area contributed by atoms with Gasteiger partial charge in [-0.15, -0.1) is 11.3 Å². The molecular weight excluding hydrogens is 567 g/mol. The molecule has 7 aromatic carbocycles. The molecule has 45 heavy (non-hydrogen) atoms. The minimum atomic E-state index is 0.926. The van der Waals surface area contributed by atoms with Crippen molar-refractivity contribution in [2.24, 2.45) is 0 Å². The lowest BCUT2D eigenvalue weighted by Crippen LogP contribution is -1.93. The van der Waals surface area contributed by atoms with E-state index < -0.39 is 0 Å². The summed E-state index contributed by atoms with van der Waals surface area (Å²) in [4.78, 5) is 0. The van der Waals surface area contributed by atoms with E-state index in [9.17, 15) is 0 Å². The molecule has 2 nitrogen and oxygen atoms in total. The Morgan fingerprint density at radius 2 is 1.18 bits per heavy atom. The number of furan rings is 1. The molecule has 0 aliphatic rings. The molecule has 0 saturated heterocycles. The van der Waals surface area contributed by atoms with Gasteiger partial charge < -0.3 is 8.98 Å². The Labute approximate surface area is 263 Å². The van der Waals surface area contributed by atoms with Crippen LogP contribution in [0.25, 0.3) is 91.9 Å². The van der Waals surface area contributed by atoms with Gasteiger partial charge in [0.15, 0.2) is 0 Å². The lowest BCUT2D eigenvalue weighted by atomic mass is 10.00. The molecule has 3 heteroatoms. The Kier molecular flexibility index (Phi) is 5.19. The fourth-order valence-electron chi connectivity index (χ4n) is 7.16. The molecule has 0 bridgehead atoms. The molecule has 0 aliphatic heterocycles. The van der Waals surface area contributed by atoms with Gasteiger partial charge in [0.1, 0.15) is 11.2 Å². The minimum absolute atomic E-state index is 0.926. The second kappa shape index (κ2) is 9.43.